The Morgan fingerprint density at radius 3 is 2.61 bits per heavy atom. The number of nitrogens with zero attached hydrogens (tertiary/aromatic N) is 3. The van der Waals surface area contributed by atoms with Crippen LogP contribution in [0.15, 0.2) is 22.7 Å². The first-order chi connectivity index (χ1) is 13.5. The number of benzene rings is 1. The van der Waals surface area contributed by atoms with Crippen LogP contribution in [0.5, 0.6) is 5.75 Å². The summed E-state index contributed by atoms with van der Waals surface area (Å²) in [6.45, 7) is 2.43. The van der Waals surface area contributed by atoms with Crippen LogP contribution in [0.25, 0.3) is 0 Å². The number of piperazine rings is 1. The van der Waals surface area contributed by atoms with Gasteiger partial charge < -0.3 is 19.3 Å². The van der Waals surface area contributed by atoms with Crippen molar-refractivity contribution in [2.24, 2.45) is 0 Å². The summed E-state index contributed by atoms with van der Waals surface area (Å²) < 4.78 is 11.8. The van der Waals surface area contributed by atoms with Crippen LogP contribution in [0.3, 0.4) is 0 Å². The average Bonchev–Trinajstić information content (AvgIpc) is 3.24. The number of hydrogen-bond acceptors (Lipinski definition) is 5. The van der Waals surface area contributed by atoms with Crippen molar-refractivity contribution in [2.45, 2.75) is 18.9 Å². The topological polar surface area (TPSA) is 79.4 Å². The van der Waals surface area contributed by atoms with Gasteiger partial charge in [0.25, 0.3) is 11.8 Å². The second kappa shape index (κ2) is 8.08. The first-order valence-electron chi connectivity index (χ1n) is 9.44. The van der Waals surface area contributed by atoms with Gasteiger partial charge in [-0.15, -0.1) is 0 Å². The molecule has 0 aromatic heterocycles. The maximum Gasteiger partial charge on any atom is 0.265 e. The maximum atomic E-state index is 12.8. The predicted octanol–water partition coefficient (Wildman–Crippen LogP) is 1.02. The monoisotopic (exact) mass is 451 g/mol. The lowest BCUT2D eigenvalue weighted by atomic mass is 10.2. The van der Waals surface area contributed by atoms with Crippen molar-refractivity contribution in [3.63, 3.8) is 0 Å². The summed E-state index contributed by atoms with van der Waals surface area (Å²) in [7, 11) is 0. The van der Waals surface area contributed by atoms with Gasteiger partial charge in [0.2, 0.25) is 5.91 Å². The van der Waals surface area contributed by atoms with Crippen LogP contribution in [0, 0.1) is 0 Å². The Balaban J connectivity index is 1.36. The minimum absolute atomic E-state index is 0.0208. The normalized spacial score (nSPS) is 22.1. The smallest absolute Gasteiger partial charge is 0.265 e. The molecular weight excluding hydrogens is 430 g/mol. The van der Waals surface area contributed by atoms with Gasteiger partial charge in [-0.05, 0) is 31.0 Å². The van der Waals surface area contributed by atoms with Crippen LogP contribution >= 0.6 is 15.9 Å². The molecule has 150 valence electrons. The third kappa shape index (κ3) is 3.86. The lowest BCUT2D eigenvalue weighted by Crippen LogP contribution is -2.55. The molecule has 0 aliphatic carbocycles. The molecule has 0 spiro atoms. The standard InChI is InChI=1S/C19H22BrN3O5/c20-13-3-4-14-16(10-13)28-12-18(25)23(14)11-17(24)21-5-7-22(8-6-21)19(26)15-2-1-9-27-15/h3-4,10,15H,1-2,5-9,11-12H2. The van der Waals surface area contributed by atoms with Crippen LogP contribution in [0.1, 0.15) is 12.8 Å². The molecule has 3 aliphatic rings. The molecule has 0 saturated carbocycles. The first-order valence-corrected chi connectivity index (χ1v) is 10.2. The number of anilines is 1. The number of hydrogen-bond donors (Lipinski definition) is 0. The lowest BCUT2D eigenvalue weighted by Gasteiger charge is -2.37. The van der Waals surface area contributed by atoms with Crippen molar-refractivity contribution in [2.75, 3.05) is 50.8 Å². The Morgan fingerprint density at radius 1 is 1.14 bits per heavy atom. The van der Waals surface area contributed by atoms with Crippen molar-refractivity contribution in [3.8, 4) is 5.75 Å². The molecule has 1 atom stereocenters. The molecule has 0 bridgehead atoms. The molecule has 2 saturated heterocycles. The fraction of sp³-hybridized carbons (Fsp3) is 0.526. The highest BCUT2D eigenvalue weighted by Gasteiger charge is 2.33. The number of halogens is 1. The summed E-state index contributed by atoms with van der Waals surface area (Å²) in [6.07, 6.45) is 1.36. The SMILES string of the molecule is O=C(CN1C(=O)COc2cc(Br)ccc21)N1CCN(C(=O)C2CCCO2)CC1. The number of carbonyl (C=O) groups excluding carboxylic acids is 3. The summed E-state index contributed by atoms with van der Waals surface area (Å²) in [5, 5.41) is 0. The van der Waals surface area contributed by atoms with Gasteiger partial charge in [0.1, 0.15) is 18.4 Å². The van der Waals surface area contributed by atoms with Crippen LogP contribution in [0.2, 0.25) is 0 Å². The quantitative estimate of drug-likeness (QED) is 0.685. The van der Waals surface area contributed by atoms with Crippen LogP contribution < -0.4 is 9.64 Å². The molecule has 4 rings (SSSR count). The highest BCUT2D eigenvalue weighted by Crippen LogP contribution is 2.34. The number of fused-ring (bicyclic) bond motifs is 1. The van der Waals surface area contributed by atoms with E-state index in [1.807, 2.05) is 6.07 Å². The Hall–Kier alpha value is -2.13. The first kappa shape index (κ1) is 19.2. The second-order valence-corrected chi connectivity index (χ2v) is 8.00. The van der Waals surface area contributed by atoms with Gasteiger partial charge in [-0.25, -0.2) is 0 Å². The molecule has 1 unspecified atom stereocenters. The van der Waals surface area contributed by atoms with E-state index < -0.39 is 0 Å². The molecule has 0 N–H and O–H groups in total. The zero-order chi connectivity index (χ0) is 19.7. The summed E-state index contributed by atoms with van der Waals surface area (Å²) in [5.41, 5.74) is 0.597. The molecule has 1 aromatic carbocycles. The van der Waals surface area contributed by atoms with Crippen LogP contribution in [0.4, 0.5) is 5.69 Å². The van der Waals surface area contributed by atoms with E-state index in [1.54, 1.807) is 21.9 Å². The van der Waals surface area contributed by atoms with E-state index in [2.05, 4.69) is 15.9 Å². The minimum atomic E-state index is -0.330. The summed E-state index contributed by atoms with van der Waals surface area (Å²) in [6, 6.07) is 5.37. The van der Waals surface area contributed by atoms with Gasteiger partial charge in [0.15, 0.2) is 6.61 Å². The Bertz CT molecular complexity index is 788. The van der Waals surface area contributed by atoms with E-state index in [4.69, 9.17) is 9.47 Å². The molecule has 3 amide bonds. The number of ether oxygens (including phenoxy) is 2. The van der Waals surface area contributed by atoms with Gasteiger partial charge >= 0.3 is 0 Å². The van der Waals surface area contributed by atoms with Crippen molar-refractivity contribution in [1.82, 2.24) is 9.80 Å². The van der Waals surface area contributed by atoms with Crippen molar-refractivity contribution < 1.29 is 23.9 Å². The predicted molar refractivity (Wildman–Crippen MR) is 104 cm³/mol. The van der Waals surface area contributed by atoms with E-state index in [1.165, 1.54) is 4.90 Å². The van der Waals surface area contributed by atoms with Gasteiger partial charge in [-0.2, -0.15) is 0 Å². The van der Waals surface area contributed by atoms with Crippen molar-refractivity contribution in [1.29, 1.82) is 0 Å². The van der Waals surface area contributed by atoms with E-state index in [-0.39, 0.29) is 37.0 Å². The molecule has 28 heavy (non-hydrogen) atoms. The minimum Gasteiger partial charge on any atom is -0.482 e. The molecule has 3 heterocycles. The van der Waals surface area contributed by atoms with Crippen molar-refractivity contribution >= 4 is 39.3 Å². The number of carbonyl (C=O) groups is 3. The van der Waals surface area contributed by atoms with Gasteiger partial charge in [0.05, 0.1) is 5.69 Å². The maximum absolute atomic E-state index is 12.8. The Kier molecular flexibility index (Phi) is 5.54. The molecule has 1 aromatic rings. The molecule has 9 heteroatoms. The molecule has 2 fully saturated rings. The van der Waals surface area contributed by atoms with E-state index in [0.29, 0.717) is 44.2 Å². The summed E-state index contributed by atoms with van der Waals surface area (Å²) >= 11 is 3.38. The van der Waals surface area contributed by atoms with Crippen LogP contribution in [-0.4, -0.2) is 79.6 Å². The summed E-state index contributed by atoms with van der Waals surface area (Å²) in [4.78, 5) is 42.5. The molecule has 0 radical (unpaired) electrons. The molecule has 3 aliphatic heterocycles. The molecule has 8 nitrogen and oxygen atoms in total. The largest absolute Gasteiger partial charge is 0.482 e. The fourth-order valence-electron chi connectivity index (χ4n) is 3.74. The van der Waals surface area contributed by atoms with E-state index in [9.17, 15) is 14.4 Å². The number of rotatable bonds is 3. The van der Waals surface area contributed by atoms with Gasteiger partial charge in [-0.1, -0.05) is 15.9 Å². The highest BCUT2D eigenvalue weighted by atomic mass is 79.9. The van der Waals surface area contributed by atoms with E-state index in [0.717, 1.165) is 17.3 Å². The lowest BCUT2D eigenvalue weighted by molar-refractivity contribution is -0.145. The van der Waals surface area contributed by atoms with Crippen molar-refractivity contribution in [3.05, 3.63) is 22.7 Å². The Labute approximate surface area is 171 Å². The highest BCUT2D eigenvalue weighted by molar-refractivity contribution is 9.10. The second-order valence-electron chi connectivity index (χ2n) is 7.09. The molecular formula is C19H22BrN3O5. The summed E-state index contributed by atoms with van der Waals surface area (Å²) in [5.74, 6) is 0.227. The average molecular weight is 452 g/mol. The van der Waals surface area contributed by atoms with E-state index >= 15 is 0 Å². The third-order valence-corrected chi connectivity index (χ3v) is 5.80. The Morgan fingerprint density at radius 2 is 1.89 bits per heavy atom. The number of amides is 3. The zero-order valence-corrected chi connectivity index (χ0v) is 17.0. The zero-order valence-electron chi connectivity index (χ0n) is 15.4. The van der Waals surface area contributed by atoms with Gasteiger partial charge in [-0.3, -0.25) is 19.3 Å². The fourth-order valence-corrected chi connectivity index (χ4v) is 4.08. The third-order valence-electron chi connectivity index (χ3n) is 5.31. The van der Waals surface area contributed by atoms with Gasteiger partial charge in [0, 0.05) is 37.3 Å². The van der Waals surface area contributed by atoms with Crippen LogP contribution in [-0.2, 0) is 19.1 Å².